The standard InChI is InChI=1S/C26H22F5N5O2S/c1-37-10-11-38-17-8-6-14(7-9-17)35-26-32-13-18(27)25(36-26)34-16-5-3-4-15(12-16)33-23-21(30)19(28)20(29)22(31)24(23)39-2/h3-9,12-13,33H,10-11H2,1-2H3,(H2,32,34,35,36). The van der Waals surface area contributed by atoms with Crippen LogP contribution in [0.25, 0.3) is 0 Å². The van der Waals surface area contributed by atoms with Crippen molar-refractivity contribution < 1.29 is 31.4 Å². The average molecular weight is 564 g/mol. The van der Waals surface area contributed by atoms with E-state index in [1.54, 1.807) is 37.4 Å². The number of halogens is 5. The van der Waals surface area contributed by atoms with Crippen molar-refractivity contribution in [2.75, 3.05) is 42.5 Å². The van der Waals surface area contributed by atoms with Crippen LogP contribution in [-0.2, 0) is 4.74 Å². The minimum Gasteiger partial charge on any atom is -0.491 e. The predicted octanol–water partition coefficient (Wildman–Crippen LogP) is 7.15. The van der Waals surface area contributed by atoms with E-state index in [0.29, 0.717) is 42.1 Å². The molecule has 3 N–H and O–H groups in total. The van der Waals surface area contributed by atoms with Crippen LogP contribution in [0.15, 0.2) is 59.6 Å². The lowest BCUT2D eigenvalue weighted by Crippen LogP contribution is -2.06. The number of hydrogen-bond donors (Lipinski definition) is 3. The van der Waals surface area contributed by atoms with Gasteiger partial charge in [0.1, 0.15) is 12.4 Å². The molecule has 7 nitrogen and oxygen atoms in total. The summed E-state index contributed by atoms with van der Waals surface area (Å²) in [5, 5.41) is 8.32. The maximum atomic E-state index is 14.5. The second-order valence-electron chi connectivity index (χ2n) is 7.88. The van der Waals surface area contributed by atoms with Crippen LogP contribution in [0.5, 0.6) is 5.75 Å². The molecule has 0 aliphatic carbocycles. The molecule has 0 atom stereocenters. The van der Waals surface area contributed by atoms with Gasteiger partial charge in [0.15, 0.2) is 34.9 Å². The maximum Gasteiger partial charge on any atom is 0.229 e. The summed E-state index contributed by atoms with van der Waals surface area (Å²) in [5.74, 6) is -7.07. The molecule has 0 aliphatic rings. The second kappa shape index (κ2) is 12.6. The Hall–Kier alpha value is -4.10. The Bertz CT molecular complexity index is 1460. The average Bonchev–Trinajstić information content (AvgIpc) is 2.94. The molecule has 0 spiro atoms. The zero-order valence-corrected chi connectivity index (χ0v) is 21.4. The molecule has 4 aromatic rings. The largest absolute Gasteiger partial charge is 0.491 e. The highest BCUT2D eigenvalue weighted by Gasteiger charge is 2.25. The number of nitrogens with one attached hydrogen (secondary N) is 3. The summed E-state index contributed by atoms with van der Waals surface area (Å²) in [6, 6.07) is 13.0. The Labute approximate surface area is 224 Å². The van der Waals surface area contributed by atoms with Crippen molar-refractivity contribution >= 4 is 46.3 Å². The number of rotatable bonds is 11. The van der Waals surface area contributed by atoms with Crippen LogP contribution in [0.3, 0.4) is 0 Å². The first-order chi connectivity index (χ1) is 18.8. The number of nitrogens with zero attached hydrogens (tertiary/aromatic N) is 2. The molecule has 0 radical (unpaired) electrons. The van der Waals surface area contributed by atoms with Crippen LogP contribution in [-0.4, -0.2) is 36.5 Å². The smallest absolute Gasteiger partial charge is 0.229 e. The zero-order valence-electron chi connectivity index (χ0n) is 20.6. The molecule has 1 heterocycles. The van der Waals surface area contributed by atoms with Crippen molar-refractivity contribution in [1.82, 2.24) is 9.97 Å². The summed E-state index contributed by atoms with van der Waals surface area (Å²) in [5.41, 5.74) is 0.574. The second-order valence-corrected chi connectivity index (χ2v) is 8.69. The molecule has 39 heavy (non-hydrogen) atoms. The lowest BCUT2D eigenvalue weighted by Gasteiger charge is -2.15. The van der Waals surface area contributed by atoms with Crippen LogP contribution in [0.2, 0.25) is 0 Å². The number of aromatic nitrogens is 2. The summed E-state index contributed by atoms with van der Waals surface area (Å²) in [6.07, 6.45) is 2.37. The van der Waals surface area contributed by atoms with Crippen molar-refractivity contribution in [1.29, 1.82) is 0 Å². The van der Waals surface area contributed by atoms with Gasteiger partial charge in [-0.25, -0.2) is 26.9 Å². The third kappa shape index (κ3) is 6.67. The SMILES string of the molecule is COCCOc1ccc(Nc2ncc(F)c(Nc3cccc(Nc4c(F)c(F)c(F)c(F)c4SC)c3)n2)cc1. The molecule has 204 valence electrons. The highest BCUT2D eigenvalue weighted by molar-refractivity contribution is 7.98. The number of hydrogen-bond acceptors (Lipinski definition) is 8. The van der Waals surface area contributed by atoms with Crippen LogP contribution < -0.4 is 20.7 Å². The van der Waals surface area contributed by atoms with Crippen molar-refractivity contribution in [2.24, 2.45) is 0 Å². The van der Waals surface area contributed by atoms with Gasteiger partial charge in [-0.05, 0) is 48.7 Å². The highest BCUT2D eigenvalue weighted by Crippen LogP contribution is 2.37. The van der Waals surface area contributed by atoms with Gasteiger partial charge in [0.25, 0.3) is 0 Å². The molecule has 0 unspecified atom stereocenters. The van der Waals surface area contributed by atoms with Crippen molar-refractivity contribution in [3.63, 3.8) is 0 Å². The Kier molecular flexibility index (Phi) is 9.04. The Morgan fingerprint density at radius 1 is 0.795 bits per heavy atom. The predicted molar refractivity (Wildman–Crippen MR) is 140 cm³/mol. The van der Waals surface area contributed by atoms with Gasteiger partial charge in [-0.3, -0.25) is 0 Å². The quantitative estimate of drug-likeness (QED) is 0.0584. The third-order valence-corrected chi connectivity index (χ3v) is 6.03. The first-order valence-electron chi connectivity index (χ1n) is 11.4. The molecule has 0 amide bonds. The summed E-state index contributed by atoms with van der Waals surface area (Å²) in [4.78, 5) is 7.66. The van der Waals surface area contributed by atoms with Gasteiger partial charge >= 0.3 is 0 Å². The van der Waals surface area contributed by atoms with Gasteiger partial charge in [-0.2, -0.15) is 4.98 Å². The number of ether oxygens (including phenoxy) is 2. The van der Waals surface area contributed by atoms with Crippen molar-refractivity contribution in [3.8, 4) is 5.75 Å². The minimum absolute atomic E-state index is 0.102. The molecule has 4 rings (SSSR count). The number of anilines is 6. The molecule has 0 fully saturated rings. The summed E-state index contributed by atoms with van der Waals surface area (Å²) < 4.78 is 81.0. The van der Waals surface area contributed by atoms with Crippen LogP contribution >= 0.6 is 11.8 Å². The van der Waals surface area contributed by atoms with E-state index in [1.165, 1.54) is 24.5 Å². The summed E-state index contributed by atoms with van der Waals surface area (Å²) in [7, 11) is 1.58. The highest BCUT2D eigenvalue weighted by atomic mass is 32.2. The van der Waals surface area contributed by atoms with Crippen LogP contribution in [0, 0.1) is 29.1 Å². The summed E-state index contributed by atoms with van der Waals surface area (Å²) in [6.45, 7) is 0.860. The number of thioether (sulfide) groups is 1. The van der Waals surface area contributed by atoms with E-state index in [9.17, 15) is 22.0 Å². The molecule has 0 bridgehead atoms. The molecule has 1 aromatic heterocycles. The Balaban J connectivity index is 1.50. The van der Waals surface area contributed by atoms with Crippen molar-refractivity contribution in [2.45, 2.75) is 4.90 Å². The van der Waals surface area contributed by atoms with Crippen LogP contribution in [0.1, 0.15) is 0 Å². The van der Waals surface area contributed by atoms with E-state index in [1.807, 2.05) is 0 Å². The van der Waals surface area contributed by atoms with E-state index in [-0.39, 0.29) is 17.5 Å². The van der Waals surface area contributed by atoms with Gasteiger partial charge in [0.05, 0.1) is 23.4 Å². The van der Waals surface area contributed by atoms with Gasteiger partial charge in [-0.1, -0.05) is 6.07 Å². The Morgan fingerprint density at radius 2 is 1.49 bits per heavy atom. The topological polar surface area (TPSA) is 80.3 Å². The summed E-state index contributed by atoms with van der Waals surface area (Å²) >= 11 is 0.709. The lowest BCUT2D eigenvalue weighted by molar-refractivity contribution is 0.146. The van der Waals surface area contributed by atoms with Gasteiger partial charge < -0.3 is 25.4 Å². The normalized spacial score (nSPS) is 10.8. The van der Waals surface area contributed by atoms with E-state index in [4.69, 9.17) is 9.47 Å². The van der Waals surface area contributed by atoms with Gasteiger partial charge in [0, 0.05) is 24.2 Å². The molecular formula is C26H22F5N5O2S. The van der Waals surface area contributed by atoms with E-state index in [0.717, 1.165) is 6.20 Å². The minimum atomic E-state index is -1.93. The monoisotopic (exact) mass is 563 g/mol. The van der Waals surface area contributed by atoms with Gasteiger partial charge in [0.2, 0.25) is 5.95 Å². The molecule has 0 aliphatic heterocycles. The number of benzene rings is 3. The number of methoxy groups -OCH3 is 1. The fourth-order valence-electron chi connectivity index (χ4n) is 3.39. The lowest BCUT2D eigenvalue weighted by atomic mass is 10.2. The zero-order chi connectivity index (χ0) is 27.9. The first kappa shape index (κ1) is 27.9. The van der Waals surface area contributed by atoms with E-state index < -0.39 is 39.7 Å². The molecular weight excluding hydrogens is 541 g/mol. The molecule has 3 aromatic carbocycles. The fraction of sp³-hybridized carbons (Fsp3) is 0.154. The molecule has 0 saturated heterocycles. The fourth-order valence-corrected chi connectivity index (χ4v) is 4.01. The van der Waals surface area contributed by atoms with Crippen LogP contribution in [0.4, 0.5) is 56.5 Å². The first-order valence-corrected chi connectivity index (χ1v) is 12.6. The van der Waals surface area contributed by atoms with E-state index >= 15 is 0 Å². The third-order valence-electron chi connectivity index (χ3n) is 5.23. The Morgan fingerprint density at radius 3 is 2.18 bits per heavy atom. The van der Waals surface area contributed by atoms with Gasteiger partial charge in [-0.15, -0.1) is 11.8 Å². The molecule has 13 heteroatoms. The van der Waals surface area contributed by atoms with E-state index in [2.05, 4.69) is 25.9 Å². The van der Waals surface area contributed by atoms with Crippen molar-refractivity contribution in [3.05, 3.63) is 83.8 Å². The maximum absolute atomic E-state index is 14.5. The molecule has 0 saturated carbocycles.